The summed E-state index contributed by atoms with van der Waals surface area (Å²) in [5, 5.41) is 10.7. The number of hydrogen-bond donors (Lipinski definition) is 2. The fourth-order valence-electron chi connectivity index (χ4n) is 2.53. The van der Waals surface area contributed by atoms with Gasteiger partial charge >= 0.3 is 0 Å². The number of aliphatic imine (C=N–C) groups is 1. The lowest BCUT2D eigenvalue weighted by Crippen LogP contribution is -2.40. The highest BCUT2D eigenvalue weighted by Gasteiger charge is 2.09. The smallest absolute Gasteiger partial charge is 0.228 e. The zero-order valence-electron chi connectivity index (χ0n) is 16.2. The van der Waals surface area contributed by atoms with E-state index >= 15 is 0 Å². The van der Waals surface area contributed by atoms with Crippen molar-refractivity contribution < 1.29 is 18.0 Å². The molecule has 7 nitrogen and oxygen atoms in total. The highest BCUT2D eigenvalue weighted by Crippen LogP contribution is 2.20. The summed E-state index contributed by atoms with van der Waals surface area (Å²) in [5.41, 5.74) is 0.778. The molecule has 1 heterocycles. The monoisotopic (exact) mass is 435 g/mol. The summed E-state index contributed by atoms with van der Waals surface area (Å²) in [5.74, 6) is 0.0850. The molecule has 0 saturated heterocycles. The Morgan fingerprint density at radius 3 is 2.77 bits per heavy atom. The predicted molar refractivity (Wildman–Crippen MR) is 110 cm³/mol. The lowest BCUT2D eigenvalue weighted by molar-refractivity contribution is 0.304. The van der Waals surface area contributed by atoms with E-state index < -0.39 is 11.6 Å². The first kappa shape index (κ1) is 21.5. The van der Waals surface area contributed by atoms with E-state index in [2.05, 4.69) is 25.8 Å². The summed E-state index contributed by atoms with van der Waals surface area (Å²) in [7, 11) is 1.62. The molecule has 0 amide bonds. The molecule has 0 unspecified atom stereocenters. The molecule has 2 aromatic carbocycles. The molecule has 2 N–H and O–H groups in total. The standard InChI is InChI=1S/C20H20ClF2N5O2/c1-24-20(26-9-10-29-17-6-5-15(22)12-16(17)23)25-8-7-18-27-19(28-30-18)13-3-2-4-14(21)11-13/h2-6,11-12H,7-10H2,1H3,(H2,24,25,26). The predicted octanol–water partition coefficient (Wildman–Crippen LogP) is 3.45. The van der Waals surface area contributed by atoms with Gasteiger partial charge in [-0.2, -0.15) is 4.98 Å². The van der Waals surface area contributed by atoms with Gasteiger partial charge in [-0.1, -0.05) is 28.9 Å². The number of rotatable bonds is 8. The Kier molecular flexibility index (Phi) is 7.56. The van der Waals surface area contributed by atoms with Gasteiger partial charge in [0.1, 0.15) is 12.4 Å². The van der Waals surface area contributed by atoms with Crippen molar-refractivity contribution in [1.29, 1.82) is 0 Å². The number of benzene rings is 2. The van der Waals surface area contributed by atoms with E-state index in [0.717, 1.165) is 17.7 Å². The molecule has 0 atom stereocenters. The molecular weight excluding hydrogens is 416 g/mol. The normalized spacial score (nSPS) is 11.4. The molecule has 0 fully saturated rings. The molecule has 0 spiro atoms. The van der Waals surface area contributed by atoms with Gasteiger partial charge in [0.25, 0.3) is 0 Å². The van der Waals surface area contributed by atoms with E-state index in [1.54, 1.807) is 19.2 Å². The van der Waals surface area contributed by atoms with Gasteiger partial charge in [0, 0.05) is 36.7 Å². The van der Waals surface area contributed by atoms with Crippen molar-refractivity contribution in [1.82, 2.24) is 20.8 Å². The van der Waals surface area contributed by atoms with E-state index in [4.69, 9.17) is 20.9 Å². The second kappa shape index (κ2) is 10.5. The first-order valence-electron chi connectivity index (χ1n) is 9.16. The molecule has 0 aliphatic carbocycles. The lowest BCUT2D eigenvalue weighted by Gasteiger charge is -2.12. The van der Waals surface area contributed by atoms with Crippen molar-refractivity contribution in [2.24, 2.45) is 4.99 Å². The van der Waals surface area contributed by atoms with Crippen LogP contribution < -0.4 is 15.4 Å². The number of guanidine groups is 1. The molecule has 0 saturated carbocycles. The molecule has 3 aromatic rings. The number of nitrogens with one attached hydrogen (secondary N) is 2. The van der Waals surface area contributed by atoms with Crippen LogP contribution in [-0.2, 0) is 6.42 Å². The Hall–Kier alpha value is -3.20. The molecule has 10 heteroatoms. The van der Waals surface area contributed by atoms with Crippen LogP contribution in [0.15, 0.2) is 52.0 Å². The SMILES string of the molecule is CN=C(NCCOc1ccc(F)cc1F)NCCc1nc(-c2cccc(Cl)c2)no1. The van der Waals surface area contributed by atoms with Crippen molar-refractivity contribution in [3.8, 4) is 17.1 Å². The second-order valence-electron chi connectivity index (χ2n) is 6.12. The third kappa shape index (κ3) is 6.15. The van der Waals surface area contributed by atoms with Crippen molar-refractivity contribution in [2.75, 3.05) is 26.7 Å². The third-order valence-corrected chi connectivity index (χ3v) is 4.19. The summed E-state index contributed by atoms with van der Waals surface area (Å²) in [6.07, 6.45) is 0.492. The Bertz CT molecular complexity index is 1010. The van der Waals surface area contributed by atoms with Crippen molar-refractivity contribution in [2.45, 2.75) is 6.42 Å². The molecule has 30 heavy (non-hydrogen) atoms. The average molecular weight is 436 g/mol. The summed E-state index contributed by atoms with van der Waals surface area (Å²) in [6, 6.07) is 10.4. The lowest BCUT2D eigenvalue weighted by atomic mass is 10.2. The highest BCUT2D eigenvalue weighted by molar-refractivity contribution is 6.30. The van der Waals surface area contributed by atoms with E-state index in [0.29, 0.717) is 42.2 Å². The van der Waals surface area contributed by atoms with E-state index in [1.165, 1.54) is 6.07 Å². The zero-order valence-corrected chi connectivity index (χ0v) is 16.9. The zero-order chi connectivity index (χ0) is 21.3. The van der Waals surface area contributed by atoms with Gasteiger partial charge in [-0.25, -0.2) is 8.78 Å². The molecule has 0 aliphatic rings. The van der Waals surface area contributed by atoms with E-state index in [-0.39, 0.29) is 12.4 Å². The Labute approximate surface area is 177 Å². The third-order valence-electron chi connectivity index (χ3n) is 3.95. The fourth-order valence-corrected chi connectivity index (χ4v) is 2.72. The van der Waals surface area contributed by atoms with E-state index in [9.17, 15) is 8.78 Å². The quantitative estimate of drug-likeness (QED) is 0.320. The second-order valence-corrected chi connectivity index (χ2v) is 6.56. The average Bonchev–Trinajstić information content (AvgIpc) is 3.20. The Balaban J connectivity index is 1.39. The number of aromatic nitrogens is 2. The summed E-state index contributed by atoms with van der Waals surface area (Å²) >= 11 is 5.98. The van der Waals surface area contributed by atoms with Crippen LogP contribution in [0.25, 0.3) is 11.4 Å². The number of halogens is 3. The minimum atomic E-state index is -0.741. The van der Waals surface area contributed by atoms with Crippen LogP contribution in [0.3, 0.4) is 0 Å². The summed E-state index contributed by atoms with van der Waals surface area (Å²) < 4.78 is 36.9. The van der Waals surface area contributed by atoms with Gasteiger partial charge in [0.15, 0.2) is 17.5 Å². The van der Waals surface area contributed by atoms with E-state index in [1.807, 2.05) is 12.1 Å². The maximum Gasteiger partial charge on any atom is 0.228 e. The summed E-state index contributed by atoms with van der Waals surface area (Å²) in [4.78, 5) is 8.44. The molecule has 1 aromatic heterocycles. The maximum atomic E-state index is 13.5. The van der Waals surface area contributed by atoms with Gasteiger partial charge in [-0.15, -0.1) is 0 Å². The molecule has 0 radical (unpaired) electrons. The van der Waals surface area contributed by atoms with Crippen LogP contribution in [0.2, 0.25) is 5.02 Å². The Morgan fingerprint density at radius 1 is 1.17 bits per heavy atom. The Morgan fingerprint density at radius 2 is 2.00 bits per heavy atom. The molecule has 0 aliphatic heterocycles. The van der Waals surface area contributed by atoms with Crippen molar-refractivity contribution >= 4 is 17.6 Å². The van der Waals surface area contributed by atoms with Crippen molar-refractivity contribution in [3.63, 3.8) is 0 Å². The van der Waals surface area contributed by atoms with Crippen LogP contribution in [0.4, 0.5) is 8.78 Å². The van der Waals surface area contributed by atoms with Gasteiger partial charge in [-0.3, -0.25) is 4.99 Å². The van der Waals surface area contributed by atoms with Gasteiger partial charge in [0.05, 0.1) is 6.54 Å². The first-order valence-corrected chi connectivity index (χ1v) is 9.54. The topological polar surface area (TPSA) is 84.6 Å². The van der Waals surface area contributed by atoms with Crippen LogP contribution in [0.5, 0.6) is 5.75 Å². The molecule has 0 bridgehead atoms. The van der Waals surface area contributed by atoms with Crippen LogP contribution >= 0.6 is 11.6 Å². The number of nitrogens with zero attached hydrogens (tertiary/aromatic N) is 3. The maximum absolute atomic E-state index is 13.5. The van der Waals surface area contributed by atoms with Crippen LogP contribution in [0, 0.1) is 11.6 Å². The van der Waals surface area contributed by atoms with Gasteiger partial charge < -0.3 is 19.9 Å². The van der Waals surface area contributed by atoms with Crippen LogP contribution in [0.1, 0.15) is 5.89 Å². The summed E-state index contributed by atoms with van der Waals surface area (Å²) in [6.45, 7) is 1.05. The highest BCUT2D eigenvalue weighted by atomic mass is 35.5. The number of hydrogen-bond acceptors (Lipinski definition) is 5. The number of ether oxygens (including phenoxy) is 1. The largest absolute Gasteiger partial charge is 0.489 e. The molecule has 158 valence electrons. The van der Waals surface area contributed by atoms with Crippen LogP contribution in [-0.4, -0.2) is 42.8 Å². The first-order chi connectivity index (χ1) is 14.5. The minimum absolute atomic E-state index is 0.00644. The van der Waals surface area contributed by atoms with Crippen molar-refractivity contribution in [3.05, 3.63) is 65.0 Å². The molecule has 3 rings (SSSR count). The molecular formula is C20H20ClF2N5O2. The fraction of sp³-hybridized carbons (Fsp3) is 0.250. The minimum Gasteiger partial charge on any atom is -0.489 e. The van der Waals surface area contributed by atoms with Gasteiger partial charge in [-0.05, 0) is 24.3 Å². The van der Waals surface area contributed by atoms with Gasteiger partial charge in [0.2, 0.25) is 11.7 Å².